The van der Waals surface area contributed by atoms with Crippen LogP contribution in [0, 0.1) is 5.82 Å². The minimum atomic E-state index is -0.548. The van der Waals surface area contributed by atoms with E-state index in [-0.39, 0.29) is 34.3 Å². The zero-order chi connectivity index (χ0) is 20.7. The van der Waals surface area contributed by atoms with Crippen molar-refractivity contribution in [1.82, 2.24) is 9.78 Å². The molecule has 0 unspecified atom stereocenters. The second-order valence-corrected chi connectivity index (χ2v) is 6.44. The van der Waals surface area contributed by atoms with E-state index in [0.717, 1.165) is 10.7 Å². The minimum Gasteiger partial charge on any atom is -0.469 e. The monoisotopic (exact) mass is 431 g/mol. The summed E-state index contributed by atoms with van der Waals surface area (Å²) in [5.41, 5.74) is 0.508. The van der Waals surface area contributed by atoms with Crippen LogP contribution in [0.25, 0.3) is 5.69 Å². The molecule has 2 rings (SSSR count). The maximum atomic E-state index is 13.4. The number of rotatable bonds is 9. The average molecular weight is 432 g/mol. The van der Waals surface area contributed by atoms with E-state index in [2.05, 4.69) is 10.1 Å². The van der Waals surface area contributed by atoms with Crippen LogP contribution < -0.4 is 5.56 Å². The molecule has 0 spiro atoms. The average Bonchev–Trinajstić information content (AvgIpc) is 2.98. The lowest BCUT2D eigenvalue weighted by molar-refractivity contribution is -0.139. The van der Waals surface area contributed by atoms with Gasteiger partial charge in [-0.15, -0.1) is 11.6 Å². The summed E-state index contributed by atoms with van der Waals surface area (Å²) < 4.78 is 24.2. The lowest BCUT2D eigenvalue weighted by Gasteiger charge is -2.04. The van der Waals surface area contributed by atoms with E-state index >= 15 is 0 Å². The smallest absolute Gasteiger partial charge is 0.311 e. The first-order valence-electron chi connectivity index (χ1n) is 8.37. The summed E-state index contributed by atoms with van der Waals surface area (Å²) in [6.07, 6.45) is 0.451. The van der Waals surface area contributed by atoms with Gasteiger partial charge in [-0.05, 0) is 24.6 Å². The van der Waals surface area contributed by atoms with E-state index in [4.69, 9.17) is 32.7 Å². The lowest BCUT2D eigenvalue weighted by Crippen LogP contribution is -2.22. The molecule has 0 atom stereocenters. The molecule has 1 aromatic heterocycles. The number of alkyl halides is 1. The molecule has 10 heteroatoms. The summed E-state index contributed by atoms with van der Waals surface area (Å²) in [5, 5.41) is 2.87. The van der Waals surface area contributed by atoms with Crippen molar-refractivity contribution in [2.75, 3.05) is 33.3 Å². The van der Waals surface area contributed by atoms with E-state index in [1.54, 1.807) is 7.11 Å². The first kappa shape index (κ1) is 22.1. The first-order valence-corrected chi connectivity index (χ1v) is 9.28. The molecule has 7 nitrogen and oxygen atoms in total. The van der Waals surface area contributed by atoms with Gasteiger partial charge in [0.15, 0.2) is 0 Å². The Bertz CT molecular complexity index is 924. The second-order valence-electron chi connectivity index (χ2n) is 5.76. The molecule has 0 radical (unpaired) electrons. The number of nitrogens with zero attached hydrogens (tertiary/aromatic N) is 2. The SMILES string of the molecule is COCCCN=C(CCl)c1c(CC(=O)OC)[nH]n(-c2ccc(F)cc2Cl)c1=O. The second kappa shape index (κ2) is 10.4. The summed E-state index contributed by atoms with van der Waals surface area (Å²) in [5.74, 6) is -1.12. The van der Waals surface area contributed by atoms with Crippen LogP contribution in [0.2, 0.25) is 5.02 Å². The number of methoxy groups -OCH3 is 2. The number of nitrogens with one attached hydrogen (secondary N) is 1. The van der Waals surface area contributed by atoms with Crippen molar-refractivity contribution >= 4 is 34.9 Å². The molecular weight excluding hydrogens is 412 g/mol. The predicted molar refractivity (Wildman–Crippen MR) is 106 cm³/mol. The summed E-state index contributed by atoms with van der Waals surface area (Å²) in [4.78, 5) is 29.2. The Kier molecular flexibility index (Phi) is 8.22. The highest BCUT2D eigenvalue weighted by Crippen LogP contribution is 2.21. The highest BCUT2D eigenvalue weighted by Gasteiger charge is 2.22. The third-order valence-electron chi connectivity index (χ3n) is 3.89. The minimum absolute atomic E-state index is 0.0315. The Hall–Kier alpha value is -2.16. The largest absolute Gasteiger partial charge is 0.469 e. The van der Waals surface area contributed by atoms with Crippen molar-refractivity contribution in [3.63, 3.8) is 0 Å². The number of benzene rings is 1. The standard InChI is InChI=1S/C18H20Cl2FN3O4/c1-27-7-3-6-22-14(10-19)17-13(9-16(25)28-2)23-24(18(17)26)15-5-4-11(21)8-12(15)20/h4-5,8,23H,3,6-7,9-10H2,1-2H3. The van der Waals surface area contributed by atoms with Gasteiger partial charge in [0.05, 0.1) is 47.1 Å². The molecule has 0 amide bonds. The first-order chi connectivity index (χ1) is 13.4. The van der Waals surface area contributed by atoms with Crippen LogP contribution in [0.4, 0.5) is 4.39 Å². The van der Waals surface area contributed by atoms with E-state index in [0.29, 0.717) is 25.3 Å². The van der Waals surface area contributed by atoms with Crippen molar-refractivity contribution < 1.29 is 18.7 Å². The topological polar surface area (TPSA) is 85.7 Å². The van der Waals surface area contributed by atoms with Gasteiger partial charge in [-0.2, -0.15) is 0 Å². The Morgan fingerprint density at radius 2 is 2.11 bits per heavy atom. The summed E-state index contributed by atoms with van der Waals surface area (Å²) in [6, 6.07) is 3.62. The number of hydrogen-bond donors (Lipinski definition) is 1. The van der Waals surface area contributed by atoms with Crippen LogP contribution in [0.15, 0.2) is 28.0 Å². The molecule has 0 saturated carbocycles. The van der Waals surface area contributed by atoms with Crippen LogP contribution in [-0.4, -0.2) is 54.7 Å². The molecule has 0 fully saturated rings. The third-order valence-corrected chi connectivity index (χ3v) is 4.45. The van der Waals surface area contributed by atoms with Gasteiger partial charge in [0.2, 0.25) is 0 Å². The molecule has 0 aliphatic carbocycles. The quantitative estimate of drug-likeness (QED) is 0.286. The number of carbonyl (C=O) groups excluding carboxylic acids is 1. The molecule has 1 aromatic carbocycles. The number of aromatic amines is 1. The van der Waals surface area contributed by atoms with Crippen molar-refractivity contribution in [1.29, 1.82) is 0 Å². The van der Waals surface area contributed by atoms with Gasteiger partial charge in [0.1, 0.15) is 5.82 Å². The molecule has 0 aliphatic rings. The van der Waals surface area contributed by atoms with E-state index < -0.39 is 17.3 Å². The zero-order valence-corrected chi connectivity index (χ0v) is 16.9. The normalized spacial score (nSPS) is 11.7. The van der Waals surface area contributed by atoms with Gasteiger partial charge in [-0.1, -0.05) is 11.6 Å². The van der Waals surface area contributed by atoms with Gasteiger partial charge in [-0.25, -0.2) is 9.07 Å². The lowest BCUT2D eigenvalue weighted by atomic mass is 10.1. The van der Waals surface area contributed by atoms with Crippen LogP contribution in [0.5, 0.6) is 0 Å². The fourth-order valence-electron chi connectivity index (χ4n) is 2.57. The number of H-pyrrole nitrogens is 1. The number of ether oxygens (including phenoxy) is 2. The van der Waals surface area contributed by atoms with Gasteiger partial charge >= 0.3 is 5.97 Å². The summed E-state index contributed by atoms with van der Waals surface area (Å²) in [6.45, 7) is 0.909. The van der Waals surface area contributed by atoms with Crippen LogP contribution >= 0.6 is 23.2 Å². The highest BCUT2D eigenvalue weighted by molar-refractivity contribution is 6.32. The van der Waals surface area contributed by atoms with Crippen molar-refractivity contribution in [2.45, 2.75) is 12.8 Å². The Balaban J connectivity index is 2.57. The van der Waals surface area contributed by atoms with E-state index in [1.165, 1.54) is 19.2 Å². The zero-order valence-electron chi connectivity index (χ0n) is 15.4. The van der Waals surface area contributed by atoms with Crippen molar-refractivity contribution in [3.05, 3.63) is 50.7 Å². The molecule has 28 heavy (non-hydrogen) atoms. The van der Waals surface area contributed by atoms with Crippen molar-refractivity contribution in [2.24, 2.45) is 4.99 Å². The molecule has 2 aromatic rings. The number of hydrogen-bond acceptors (Lipinski definition) is 5. The van der Waals surface area contributed by atoms with E-state index in [9.17, 15) is 14.0 Å². The number of esters is 1. The van der Waals surface area contributed by atoms with Gasteiger partial charge in [0.25, 0.3) is 5.56 Å². The molecule has 1 N–H and O–H groups in total. The van der Waals surface area contributed by atoms with Crippen LogP contribution in [0.3, 0.4) is 0 Å². The van der Waals surface area contributed by atoms with Gasteiger partial charge in [-0.3, -0.25) is 19.7 Å². The molecule has 0 bridgehead atoms. The third kappa shape index (κ3) is 5.21. The molecule has 0 saturated heterocycles. The molecule has 1 heterocycles. The Morgan fingerprint density at radius 3 is 2.71 bits per heavy atom. The number of carbonyl (C=O) groups is 1. The fraction of sp³-hybridized carbons (Fsp3) is 0.389. The molecule has 0 aliphatic heterocycles. The molecule has 152 valence electrons. The fourth-order valence-corrected chi connectivity index (χ4v) is 3.04. The van der Waals surface area contributed by atoms with Crippen molar-refractivity contribution in [3.8, 4) is 5.69 Å². The maximum Gasteiger partial charge on any atom is 0.311 e. The maximum absolute atomic E-state index is 13.4. The Morgan fingerprint density at radius 1 is 1.36 bits per heavy atom. The van der Waals surface area contributed by atoms with Gasteiger partial charge < -0.3 is 9.47 Å². The van der Waals surface area contributed by atoms with E-state index in [1.807, 2.05) is 0 Å². The predicted octanol–water partition coefficient (Wildman–Crippen LogP) is 2.74. The number of aromatic nitrogens is 2. The summed E-state index contributed by atoms with van der Waals surface area (Å²) in [7, 11) is 2.83. The Labute approximate surface area is 171 Å². The number of halogens is 3. The van der Waals surface area contributed by atoms with Crippen LogP contribution in [0.1, 0.15) is 17.7 Å². The number of aliphatic imine (C=N–C) groups is 1. The highest BCUT2D eigenvalue weighted by atomic mass is 35.5. The molecular formula is C18H20Cl2FN3O4. The van der Waals surface area contributed by atoms with Crippen LogP contribution in [-0.2, 0) is 20.7 Å². The van der Waals surface area contributed by atoms with Gasteiger partial charge in [0, 0.05) is 20.3 Å². The summed E-state index contributed by atoms with van der Waals surface area (Å²) >= 11 is 12.1.